The lowest BCUT2D eigenvalue weighted by Gasteiger charge is -2.19. The van der Waals surface area contributed by atoms with Crippen LogP contribution in [0.2, 0.25) is 0 Å². The molecule has 0 saturated carbocycles. The molecule has 6 nitrogen and oxygen atoms in total. The number of carbonyl (C=O) groups excluding carboxylic acids is 2. The van der Waals surface area contributed by atoms with Crippen molar-refractivity contribution in [3.63, 3.8) is 0 Å². The smallest absolute Gasteiger partial charge is 0.408 e. The van der Waals surface area contributed by atoms with Gasteiger partial charge in [0.05, 0.1) is 0 Å². The maximum Gasteiger partial charge on any atom is 0.408 e. The van der Waals surface area contributed by atoms with Crippen LogP contribution in [0.1, 0.15) is 20.8 Å². The number of carbonyl (C=O) groups is 2. The van der Waals surface area contributed by atoms with Crippen molar-refractivity contribution in [2.75, 3.05) is 11.9 Å². The number of nitrogens with zero attached hydrogens (tertiary/aromatic N) is 1. The minimum Gasteiger partial charge on any atom is -0.444 e. The van der Waals surface area contributed by atoms with E-state index in [0.717, 1.165) is 10.8 Å². The monoisotopic (exact) mass is 301 g/mol. The zero-order chi connectivity index (χ0) is 16.2. The van der Waals surface area contributed by atoms with Crippen molar-refractivity contribution < 1.29 is 14.3 Å². The van der Waals surface area contributed by atoms with Gasteiger partial charge in [0.1, 0.15) is 12.1 Å². The van der Waals surface area contributed by atoms with Gasteiger partial charge in [0.15, 0.2) is 0 Å². The summed E-state index contributed by atoms with van der Waals surface area (Å²) in [7, 11) is 0. The van der Waals surface area contributed by atoms with Crippen molar-refractivity contribution >= 4 is 28.5 Å². The summed E-state index contributed by atoms with van der Waals surface area (Å²) in [5.74, 6) is -0.320. The average Bonchev–Trinajstić information content (AvgIpc) is 2.43. The number of nitrogens with one attached hydrogen (secondary N) is 2. The zero-order valence-corrected chi connectivity index (χ0v) is 12.8. The highest BCUT2D eigenvalue weighted by atomic mass is 16.6. The molecule has 116 valence electrons. The molecule has 0 unspecified atom stereocenters. The molecule has 0 aliphatic rings. The number of hydrogen-bond acceptors (Lipinski definition) is 4. The molecule has 0 aliphatic heterocycles. The Hall–Kier alpha value is -2.63. The largest absolute Gasteiger partial charge is 0.444 e. The van der Waals surface area contributed by atoms with E-state index in [9.17, 15) is 9.59 Å². The van der Waals surface area contributed by atoms with Gasteiger partial charge in [-0.15, -0.1) is 0 Å². The van der Waals surface area contributed by atoms with Crippen molar-refractivity contribution in [2.24, 2.45) is 0 Å². The molecule has 0 radical (unpaired) electrons. The van der Waals surface area contributed by atoms with E-state index < -0.39 is 11.7 Å². The van der Waals surface area contributed by atoms with Crippen molar-refractivity contribution in [1.29, 1.82) is 0 Å². The molecule has 1 aromatic carbocycles. The Morgan fingerprint density at radius 3 is 2.68 bits per heavy atom. The summed E-state index contributed by atoms with van der Waals surface area (Å²) >= 11 is 0. The molecule has 2 N–H and O–H groups in total. The molecule has 0 atom stereocenters. The van der Waals surface area contributed by atoms with E-state index in [4.69, 9.17) is 4.74 Å². The summed E-state index contributed by atoms with van der Waals surface area (Å²) in [6, 6.07) is 7.38. The van der Waals surface area contributed by atoms with Crippen LogP contribution >= 0.6 is 0 Å². The topological polar surface area (TPSA) is 80.3 Å². The number of rotatable bonds is 3. The fourth-order valence-corrected chi connectivity index (χ4v) is 1.83. The van der Waals surface area contributed by atoms with Crippen LogP contribution in [0.15, 0.2) is 36.7 Å². The van der Waals surface area contributed by atoms with E-state index in [-0.39, 0.29) is 12.5 Å². The van der Waals surface area contributed by atoms with Gasteiger partial charge in [-0.3, -0.25) is 9.78 Å². The number of hydrogen-bond donors (Lipinski definition) is 2. The van der Waals surface area contributed by atoms with Gasteiger partial charge in [0.25, 0.3) is 0 Å². The Morgan fingerprint density at radius 2 is 1.95 bits per heavy atom. The highest BCUT2D eigenvalue weighted by molar-refractivity contribution is 5.96. The van der Waals surface area contributed by atoms with E-state index in [0.29, 0.717) is 5.69 Å². The molecule has 22 heavy (non-hydrogen) atoms. The van der Waals surface area contributed by atoms with Crippen LogP contribution in [0.25, 0.3) is 10.8 Å². The maximum atomic E-state index is 11.8. The summed E-state index contributed by atoms with van der Waals surface area (Å²) in [6.07, 6.45) is 2.83. The lowest BCUT2D eigenvalue weighted by molar-refractivity contribution is -0.115. The zero-order valence-electron chi connectivity index (χ0n) is 12.8. The predicted octanol–water partition coefficient (Wildman–Crippen LogP) is 2.70. The molecular weight excluding hydrogens is 282 g/mol. The van der Waals surface area contributed by atoms with Gasteiger partial charge in [-0.2, -0.15) is 0 Å². The third-order valence-electron chi connectivity index (χ3n) is 2.72. The van der Waals surface area contributed by atoms with Crippen molar-refractivity contribution in [1.82, 2.24) is 10.3 Å². The Bertz CT molecular complexity index is 692. The number of fused-ring (bicyclic) bond motifs is 1. The lowest BCUT2D eigenvalue weighted by Crippen LogP contribution is -2.37. The van der Waals surface area contributed by atoms with E-state index in [1.54, 1.807) is 39.2 Å². The minimum absolute atomic E-state index is 0.150. The van der Waals surface area contributed by atoms with Gasteiger partial charge < -0.3 is 15.4 Å². The molecule has 0 aliphatic carbocycles. The Labute approximate surface area is 128 Å². The quantitative estimate of drug-likeness (QED) is 0.913. The Kier molecular flexibility index (Phi) is 4.60. The van der Waals surface area contributed by atoms with Gasteiger partial charge in [0.2, 0.25) is 5.91 Å². The normalized spacial score (nSPS) is 11.0. The van der Waals surface area contributed by atoms with Gasteiger partial charge in [0, 0.05) is 23.5 Å². The van der Waals surface area contributed by atoms with E-state index >= 15 is 0 Å². The van der Waals surface area contributed by atoms with Gasteiger partial charge in [-0.1, -0.05) is 6.07 Å². The molecule has 1 heterocycles. The Balaban J connectivity index is 1.89. The number of ether oxygens (including phenoxy) is 1. The molecule has 0 saturated heterocycles. The van der Waals surface area contributed by atoms with Crippen LogP contribution in [0.5, 0.6) is 0 Å². The number of amides is 2. The van der Waals surface area contributed by atoms with Crippen LogP contribution < -0.4 is 10.6 Å². The number of benzene rings is 1. The van der Waals surface area contributed by atoms with Crippen molar-refractivity contribution in [2.45, 2.75) is 26.4 Å². The number of aromatic nitrogens is 1. The second-order valence-electron chi connectivity index (χ2n) is 5.84. The van der Waals surface area contributed by atoms with Crippen molar-refractivity contribution in [3.8, 4) is 0 Å². The molecule has 0 spiro atoms. The van der Waals surface area contributed by atoms with Gasteiger partial charge in [-0.05, 0) is 44.4 Å². The molecule has 2 amide bonds. The standard InChI is InChI=1S/C16H19N3O3/c1-16(2,3)22-15(21)18-10-14(20)19-13-5-4-12-9-17-7-6-11(12)8-13/h4-9H,10H2,1-3H3,(H,18,21)(H,19,20). The first kappa shape index (κ1) is 15.8. The third kappa shape index (κ3) is 4.73. The first-order chi connectivity index (χ1) is 10.3. The van der Waals surface area contributed by atoms with E-state index in [1.165, 1.54) is 0 Å². The Morgan fingerprint density at radius 1 is 1.18 bits per heavy atom. The molecule has 2 rings (SSSR count). The summed E-state index contributed by atoms with van der Waals surface area (Å²) in [6.45, 7) is 5.13. The van der Waals surface area contributed by atoms with Crippen LogP contribution in [0.3, 0.4) is 0 Å². The average molecular weight is 301 g/mol. The summed E-state index contributed by atoms with van der Waals surface area (Å²) in [5.41, 5.74) is 0.0714. The van der Waals surface area contributed by atoms with E-state index in [1.807, 2.05) is 18.2 Å². The van der Waals surface area contributed by atoms with Crippen LogP contribution in [-0.2, 0) is 9.53 Å². The van der Waals surface area contributed by atoms with E-state index in [2.05, 4.69) is 15.6 Å². The first-order valence-corrected chi connectivity index (χ1v) is 6.94. The number of anilines is 1. The van der Waals surface area contributed by atoms with Crippen LogP contribution in [0.4, 0.5) is 10.5 Å². The minimum atomic E-state index is -0.618. The van der Waals surface area contributed by atoms with Crippen LogP contribution in [-0.4, -0.2) is 29.1 Å². The fourth-order valence-electron chi connectivity index (χ4n) is 1.83. The second-order valence-corrected chi connectivity index (χ2v) is 5.84. The molecular formula is C16H19N3O3. The molecule has 0 fully saturated rings. The fraction of sp³-hybridized carbons (Fsp3) is 0.312. The molecule has 2 aromatic rings. The second kappa shape index (κ2) is 6.43. The maximum absolute atomic E-state index is 11.8. The first-order valence-electron chi connectivity index (χ1n) is 6.94. The predicted molar refractivity (Wildman–Crippen MR) is 84.6 cm³/mol. The molecule has 1 aromatic heterocycles. The van der Waals surface area contributed by atoms with Crippen LogP contribution in [0, 0.1) is 0 Å². The van der Waals surface area contributed by atoms with Crippen molar-refractivity contribution in [3.05, 3.63) is 36.7 Å². The number of alkyl carbamates (subject to hydrolysis) is 1. The number of pyridine rings is 1. The summed E-state index contributed by atoms with van der Waals surface area (Å²) in [5, 5.41) is 7.11. The lowest BCUT2D eigenvalue weighted by atomic mass is 10.1. The van der Waals surface area contributed by atoms with Gasteiger partial charge >= 0.3 is 6.09 Å². The highest BCUT2D eigenvalue weighted by Gasteiger charge is 2.16. The highest BCUT2D eigenvalue weighted by Crippen LogP contribution is 2.17. The summed E-state index contributed by atoms with van der Waals surface area (Å²) < 4.78 is 5.06. The molecule has 0 bridgehead atoms. The third-order valence-corrected chi connectivity index (χ3v) is 2.72. The molecule has 6 heteroatoms. The summed E-state index contributed by atoms with van der Waals surface area (Å²) in [4.78, 5) is 27.3. The SMILES string of the molecule is CC(C)(C)OC(=O)NCC(=O)Nc1ccc2cnccc2c1. The van der Waals surface area contributed by atoms with Gasteiger partial charge in [-0.25, -0.2) is 4.79 Å².